The molecule has 9 nitrogen and oxygen atoms in total. The first-order valence-electron chi connectivity index (χ1n) is 9.79. The molecule has 0 spiro atoms. The summed E-state index contributed by atoms with van der Waals surface area (Å²) in [6.07, 6.45) is -0.815. The molecule has 2 fully saturated rings. The van der Waals surface area contributed by atoms with E-state index in [0.717, 1.165) is 28.7 Å². The average Bonchev–Trinajstić information content (AvgIpc) is 3.13. The topological polar surface area (TPSA) is 109 Å². The molecule has 2 atom stereocenters. The lowest BCUT2D eigenvalue weighted by molar-refractivity contribution is -0.192. The Kier molecular flexibility index (Phi) is 7.61. The van der Waals surface area contributed by atoms with Crippen molar-refractivity contribution < 1.29 is 32.6 Å². The molecule has 4 heterocycles. The van der Waals surface area contributed by atoms with Crippen molar-refractivity contribution in [2.24, 2.45) is 5.92 Å². The summed E-state index contributed by atoms with van der Waals surface area (Å²) in [5.74, 6) is -2.64. The number of halogens is 3. The predicted octanol–water partition coefficient (Wildman–Crippen LogP) is 2.13. The zero-order valence-corrected chi connectivity index (χ0v) is 18.0. The number of carboxylic acid groups (broad SMARTS) is 1. The second-order valence-electron chi connectivity index (χ2n) is 7.28. The van der Waals surface area contributed by atoms with E-state index in [0.29, 0.717) is 26.2 Å². The molecule has 0 saturated carbocycles. The number of amides is 1. The molecule has 2 aliphatic heterocycles. The van der Waals surface area contributed by atoms with Crippen molar-refractivity contribution in [1.82, 2.24) is 20.1 Å². The first kappa shape index (κ1) is 23.9. The average molecular weight is 473 g/mol. The first-order chi connectivity index (χ1) is 15.1. The molecule has 4 rings (SSSR count). The number of fused-ring (bicyclic) bond motifs is 1. The molecule has 13 heteroatoms. The van der Waals surface area contributed by atoms with E-state index in [2.05, 4.69) is 20.1 Å². The Hall–Kier alpha value is -2.80. The second-order valence-corrected chi connectivity index (χ2v) is 8.44. The van der Waals surface area contributed by atoms with Crippen LogP contribution in [0.4, 0.5) is 18.3 Å². The number of aryl methyl sites for hydroxylation is 1. The van der Waals surface area contributed by atoms with Crippen molar-refractivity contribution in [3.05, 3.63) is 35.1 Å². The van der Waals surface area contributed by atoms with Gasteiger partial charge in [0.1, 0.15) is 5.01 Å². The molecule has 2 aromatic rings. The number of carbonyl (C=O) groups is 2. The molecule has 0 aliphatic carbocycles. The number of alkyl halides is 3. The van der Waals surface area contributed by atoms with Crippen LogP contribution in [-0.4, -0.2) is 75.6 Å². The third-order valence-electron chi connectivity index (χ3n) is 5.01. The molecule has 0 radical (unpaired) electrons. The van der Waals surface area contributed by atoms with E-state index >= 15 is 0 Å². The van der Waals surface area contributed by atoms with E-state index in [-0.39, 0.29) is 17.9 Å². The van der Waals surface area contributed by atoms with Gasteiger partial charge in [-0.15, -0.1) is 10.2 Å². The molecule has 1 amide bonds. The number of rotatable bonds is 3. The maximum absolute atomic E-state index is 13.0. The van der Waals surface area contributed by atoms with Gasteiger partial charge in [0.2, 0.25) is 11.0 Å². The van der Waals surface area contributed by atoms with E-state index in [1.165, 1.54) is 0 Å². The molecular weight excluding hydrogens is 451 g/mol. The van der Waals surface area contributed by atoms with Crippen molar-refractivity contribution >= 4 is 28.3 Å². The van der Waals surface area contributed by atoms with E-state index < -0.39 is 12.1 Å². The summed E-state index contributed by atoms with van der Waals surface area (Å²) < 4.78 is 37.8. The molecule has 2 saturated heterocycles. The lowest BCUT2D eigenvalue weighted by atomic mass is 9.92. The lowest BCUT2D eigenvalue weighted by Crippen LogP contribution is -2.49. The van der Waals surface area contributed by atoms with Crippen molar-refractivity contribution in [2.45, 2.75) is 32.2 Å². The predicted molar refractivity (Wildman–Crippen MR) is 108 cm³/mol. The van der Waals surface area contributed by atoms with Crippen LogP contribution in [0.2, 0.25) is 0 Å². The fourth-order valence-corrected chi connectivity index (χ4v) is 4.21. The molecular formula is C19H22F3N5O4S. The quantitative estimate of drug-likeness (QED) is 0.722. The summed E-state index contributed by atoms with van der Waals surface area (Å²) in [5.41, 5.74) is 1.05. The molecule has 0 bridgehead atoms. The van der Waals surface area contributed by atoms with E-state index in [1.54, 1.807) is 17.5 Å². The van der Waals surface area contributed by atoms with Gasteiger partial charge in [-0.2, -0.15) is 13.2 Å². The maximum Gasteiger partial charge on any atom is 0.490 e. The third kappa shape index (κ3) is 6.13. The summed E-state index contributed by atoms with van der Waals surface area (Å²) in [6, 6.07) is 3.91. The van der Waals surface area contributed by atoms with Gasteiger partial charge < -0.3 is 19.6 Å². The van der Waals surface area contributed by atoms with Crippen LogP contribution in [0.5, 0.6) is 0 Å². The number of aromatic nitrogens is 3. The highest BCUT2D eigenvalue weighted by Gasteiger charge is 2.40. The molecule has 2 aromatic heterocycles. The van der Waals surface area contributed by atoms with Gasteiger partial charge in [-0.3, -0.25) is 9.78 Å². The van der Waals surface area contributed by atoms with Crippen LogP contribution in [0.25, 0.3) is 0 Å². The van der Waals surface area contributed by atoms with Gasteiger partial charge in [0, 0.05) is 38.6 Å². The number of anilines is 1. The van der Waals surface area contributed by atoms with Crippen molar-refractivity contribution in [2.75, 3.05) is 31.1 Å². The smallest absolute Gasteiger partial charge is 0.475 e. The van der Waals surface area contributed by atoms with Gasteiger partial charge in [-0.1, -0.05) is 17.4 Å². The Labute approximate surface area is 185 Å². The van der Waals surface area contributed by atoms with Crippen LogP contribution in [0, 0.1) is 12.8 Å². The van der Waals surface area contributed by atoms with Crippen LogP contribution in [-0.2, 0) is 20.9 Å². The maximum atomic E-state index is 13.0. The largest absolute Gasteiger partial charge is 0.490 e. The third-order valence-corrected chi connectivity index (χ3v) is 5.91. The molecule has 2 aliphatic rings. The van der Waals surface area contributed by atoms with Gasteiger partial charge in [-0.05, 0) is 25.0 Å². The minimum absolute atomic E-state index is 0.0792. The van der Waals surface area contributed by atoms with Crippen LogP contribution < -0.4 is 4.90 Å². The van der Waals surface area contributed by atoms with Gasteiger partial charge >= 0.3 is 12.1 Å². The minimum atomic E-state index is -5.08. The number of aliphatic carboxylic acids is 1. The summed E-state index contributed by atoms with van der Waals surface area (Å²) in [6.45, 7) is 5.25. The van der Waals surface area contributed by atoms with Crippen molar-refractivity contribution in [3.8, 4) is 0 Å². The number of nitrogens with zero attached hydrogens (tertiary/aromatic N) is 5. The monoisotopic (exact) mass is 473 g/mol. The summed E-state index contributed by atoms with van der Waals surface area (Å²) in [4.78, 5) is 30.1. The minimum Gasteiger partial charge on any atom is -0.475 e. The summed E-state index contributed by atoms with van der Waals surface area (Å²) in [5, 5.41) is 17.3. The number of carbonyl (C=O) groups excluding carboxylic acids is 1. The van der Waals surface area contributed by atoms with Crippen molar-refractivity contribution in [3.63, 3.8) is 0 Å². The molecule has 0 aromatic carbocycles. The van der Waals surface area contributed by atoms with Gasteiger partial charge in [-0.25, -0.2) is 4.79 Å². The first-order valence-corrected chi connectivity index (χ1v) is 10.6. The number of hydrogen-bond donors (Lipinski definition) is 1. The fourth-order valence-electron chi connectivity index (χ4n) is 3.48. The standard InChI is InChI=1S/C17H21N5O2S.C2HF3O2/c1-12-19-20-17(25-12)22-6-4-14-15(11-22)24-8-7-21(16(14)23)10-13-3-2-5-18-9-13;3-2(4,5)1(6)7/h2-3,5,9,14-15H,4,6-8,10-11H2,1H3;(H,6,7)/t14-,15+;/m1./s1. The molecule has 32 heavy (non-hydrogen) atoms. The number of carboxylic acids is 1. The Morgan fingerprint density at radius 1 is 1.34 bits per heavy atom. The van der Waals surface area contributed by atoms with E-state index in [9.17, 15) is 18.0 Å². The van der Waals surface area contributed by atoms with Crippen LogP contribution in [0.15, 0.2) is 24.5 Å². The van der Waals surface area contributed by atoms with Gasteiger partial charge in [0.05, 0.1) is 18.6 Å². The molecule has 1 N–H and O–H groups in total. The summed E-state index contributed by atoms with van der Waals surface area (Å²) in [7, 11) is 0. The van der Waals surface area contributed by atoms with E-state index in [1.807, 2.05) is 30.2 Å². The van der Waals surface area contributed by atoms with Crippen LogP contribution in [0.1, 0.15) is 17.0 Å². The van der Waals surface area contributed by atoms with Gasteiger partial charge in [0.15, 0.2) is 0 Å². The number of piperidine rings is 1. The molecule has 0 unspecified atom stereocenters. The number of ether oxygens (including phenoxy) is 1. The number of pyridine rings is 1. The van der Waals surface area contributed by atoms with Crippen LogP contribution >= 0.6 is 11.3 Å². The van der Waals surface area contributed by atoms with E-state index in [4.69, 9.17) is 14.6 Å². The second kappa shape index (κ2) is 10.2. The molecule has 174 valence electrons. The lowest BCUT2D eigenvalue weighted by Gasteiger charge is -2.36. The Morgan fingerprint density at radius 2 is 2.09 bits per heavy atom. The normalized spacial score (nSPS) is 21.3. The van der Waals surface area contributed by atoms with Crippen molar-refractivity contribution in [1.29, 1.82) is 0 Å². The highest BCUT2D eigenvalue weighted by atomic mass is 32.1. The van der Waals surface area contributed by atoms with Crippen LogP contribution in [0.3, 0.4) is 0 Å². The Bertz CT molecular complexity index is 927. The zero-order valence-electron chi connectivity index (χ0n) is 17.2. The highest BCUT2D eigenvalue weighted by molar-refractivity contribution is 7.15. The van der Waals surface area contributed by atoms with Gasteiger partial charge in [0.25, 0.3) is 0 Å². The number of hydrogen-bond acceptors (Lipinski definition) is 8. The SMILES string of the molecule is Cc1nnc(N2CC[C@H]3C(=O)N(Cc4cccnc4)CCO[C@H]3C2)s1.O=C(O)C(F)(F)F. The Balaban J connectivity index is 0.000000360. The fraction of sp³-hybridized carbons (Fsp3) is 0.526. The highest BCUT2D eigenvalue weighted by Crippen LogP contribution is 2.30. The summed E-state index contributed by atoms with van der Waals surface area (Å²) >= 11 is 1.59. The Morgan fingerprint density at radius 3 is 2.69 bits per heavy atom. The zero-order chi connectivity index (χ0) is 23.3.